The lowest BCUT2D eigenvalue weighted by atomic mass is 9.91. The zero-order valence-corrected chi connectivity index (χ0v) is 27.4. The fraction of sp³-hybridized carbons (Fsp3) is 0.484. The summed E-state index contributed by atoms with van der Waals surface area (Å²) in [5, 5.41) is 12.2. The minimum atomic E-state index is -3.50. The molecule has 0 spiro atoms. The van der Waals surface area contributed by atoms with Crippen molar-refractivity contribution >= 4 is 46.3 Å². The van der Waals surface area contributed by atoms with Crippen LogP contribution in [-0.2, 0) is 48.5 Å². The molecule has 12 nitrogen and oxygen atoms in total. The number of nitrogens with one attached hydrogen (secondary N) is 1. The number of carboxylic acid groups (broad SMARTS) is 1. The van der Waals surface area contributed by atoms with E-state index in [1.54, 1.807) is 32.0 Å². The molecule has 0 unspecified atom stereocenters. The summed E-state index contributed by atoms with van der Waals surface area (Å²) in [4.78, 5) is 56.3. The van der Waals surface area contributed by atoms with Gasteiger partial charge in [0.25, 0.3) is 0 Å². The number of carbonyl (C=O) groups excluding carboxylic acids is 3. The first kappa shape index (κ1) is 35.9. The number of thiol groups is 1. The van der Waals surface area contributed by atoms with Gasteiger partial charge in [-0.05, 0) is 29.0 Å². The van der Waals surface area contributed by atoms with Crippen molar-refractivity contribution in [1.82, 2.24) is 15.1 Å². The van der Waals surface area contributed by atoms with E-state index in [1.807, 2.05) is 36.4 Å². The van der Waals surface area contributed by atoms with Crippen LogP contribution < -0.4 is 11.1 Å². The largest absolute Gasteiger partial charge is 0.480 e. The number of carboxylic acids is 1. The normalized spacial score (nSPS) is 16.7. The van der Waals surface area contributed by atoms with Crippen molar-refractivity contribution in [2.45, 2.75) is 64.0 Å². The standard InChI is InChI=1S/C31H42N4O8S2/c1-20(2)27(35(17-24(32)19-44)31(40)43-18-21-9-5-4-6-10-21)29(37)34-16-23-12-8-7-11-22(23)15-26(34)28(36)33-25(30(38)39)13-14-45(3,41)42/h4-12,20,24-27,44H,13-19,32H2,1-3H3,(H,33,36)(H,38,39)/t24-,25+,26+,27+/m1/s1. The lowest BCUT2D eigenvalue weighted by Crippen LogP contribution is -2.62. The molecule has 0 aromatic heterocycles. The van der Waals surface area contributed by atoms with Gasteiger partial charge in [-0.25, -0.2) is 18.0 Å². The zero-order chi connectivity index (χ0) is 33.3. The Hall–Kier alpha value is -3.62. The van der Waals surface area contributed by atoms with Gasteiger partial charge in [0.1, 0.15) is 34.6 Å². The molecule has 45 heavy (non-hydrogen) atoms. The van der Waals surface area contributed by atoms with Crippen LogP contribution in [0.2, 0.25) is 0 Å². The molecule has 0 saturated carbocycles. The molecule has 3 amide bonds. The fourth-order valence-corrected chi connectivity index (χ4v) is 5.99. The Morgan fingerprint density at radius 1 is 1.09 bits per heavy atom. The van der Waals surface area contributed by atoms with Crippen molar-refractivity contribution in [2.75, 3.05) is 24.3 Å². The van der Waals surface area contributed by atoms with Crippen molar-refractivity contribution in [3.05, 3.63) is 71.3 Å². The Bertz CT molecular complexity index is 1450. The molecule has 4 atom stereocenters. The molecule has 0 saturated heterocycles. The van der Waals surface area contributed by atoms with E-state index in [1.165, 1.54) is 9.80 Å². The SMILES string of the molecule is CC(C)[C@@H](C(=O)N1Cc2ccccc2C[C@H]1C(=O)N[C@@H](CCS(C)(=O)=O)C(=O)O)N(C[C@@H](N)CS)C(=O)OCc1ccccc1. The number of rotatable bonds is 14. The zero-order valence-electron chi connectivity index (χ0n) is 25.7. The highest BCUT2D eigenvalue weighted by molar-refractivity contribution is 7.90. The molecule has 2 aromatic rings. The molecular formula is C31H42N4O8S2. The quantitative estimate of drug-likeness (QED) is 0.220. The molecule has 2 aromatic carbocycles. The van der Waals surface area contributed by atoms with E-state index in [4.69, 9.17) is 10.5 Å². The predicted octanol–water partition coefficient (Wildman–Crippen LogP) is 1.86. The van der Waals surface area contributed by atoms with Gasteiger partial charge in [0.05, 0.1) is 5.75 Å². The van der Waals surface area contributed by atoms with Gasteiger partial charge in [-0.3, -0.25) is 14.5 Å². The van der Waals surface area contributed by atoms with E-state index < -0.39 is 69.6 Å². The van der Waals surface area contributed by atoms with Gasteiger partial charge in [-0.15, -0.1) is 0 Å². The predicted molar refractivity (Wildman–Crippen MR) is 172 cm³/mol. The van der Waals surface area contributed by atoms with Gasteiger partial charge < -0.3 is 25.8 Å². The van der Waals surface area contributed by atoms with Crippen LogP contribution in [0.4, 0.5) is 4.79 Å². The third-order valence-electron chi connectivity index (χ3n) is 7.55. The minimum absolute atomic E-state index is 0.0303. The molecule has 0 radical (unpaired) electrons. The Balaban J connectivity index is 1.95. The van der Waals surface area contributed by atoms with Gasteiger partial charge >= 0.3 is 12.1 Å². The Morgan fingerprint density at radius 3 is 2.29 bits per heavy atom. The Morgan fingerprint density at radius 2 is 1.71 bits per heavy atom. The van der Waals surface area contributed by atoms with Crippen molar-refractivity contribution in [2.24, 2.45) is 11.7 Å². The maximum atomic E-state index is 14.5. The topological polar surface area (TPSA) is 176 Å². The highest BCUT2D eigenvalue weighted by atomic mass is 32.2. The molecule has 3 rings (SSSR count). The number of sulfone groups is 1. The summed E-state index contributed by atoms with van der Waals surface area (Å²) in [6.07, 6.45) is -0.0256. The number of benzene rings is 2. The van der Waals surface area contributed by atoms with Crippen LogP contribution in [0.25, 0.3) is 0 Å². The number of aliphatic carboxylic acids is 1. The number of nitrogens with two attached hydrogens (primary N) is 1. The molecule has 14 heteroatoms. The highest BCUT2D eigenvalue weighted by Gasteiger charge is 2.43. The number of ether oxygens (including phenoxy) is 1. The second kappa shape index (κ2) is 16.1. The van der Waals surface area contributed by atoms with Crippen LogP contribution in [0.3, 0.4) is 0 Å². The van der Waals surface area contributed by atoms with Crippen molar-refractivity contribution in [3.63, 3.8) is 0 Å². The molecule has 1 heterocycles. The van der Waals surface area contributed by atoms with Gasteiger partial charge in [0.2, 0.25) is 11.8 Å². The lowest BCUT2D eigenvalue weighted by Gasteiger charge is -2.42. The summed E-state index contributed by atoms with van der Waals surface area (Å²) in [5.41, 5.74) is 8.57. The van der Waals surface area contributed by atoms with Gasteiger partial charge in [0, 0.05) is 37.6 Å². The molecule has 1 aliphatic heterocycles. The Kier molecular flexibility index (Phi) is 12.8. The molecular weight excluding hydrogens is 620 g/mol. The second-order valence-corrected chi connectivity index (χ2v) is 14.2. The van der Waals surface area contributed by atoms with Gasteiger partial charge in [0.15, 0.2) is 0 Å². The van der Waals surface area contributed by atoms with Crippen molar-refractivity contribution in [1.29, 1.82) is 0 Å². The average Bonchev–Trinajstić information content (AvgIpc) is 3.00. The number of nitrogens with zero attached hydrogens (tertiary/aromatic N) is 2. The molecule has 0 aliphatic carbocycles. The third kappa shape index (κ3) is 10.2. The molecule has 0 fully saturated rings. The van der Waals surface area contributed by atoms with Crippen LogP contribution in [0, 0.1) is 5.92 Å². The van der Waals surface area contributed by atoms with E-state index in [0.717, 1.165) is 22.9 Å². The second-order valence-electron chi connectivity index (χ2n) is 11.6. The summed E-state index contributed by atoms with van der Waals surface area (Å²) < 4.78 is 29.0. The van der Waals surface area contributed by atoms with Crippen LogP contribution in [0.15, 0.2) is 54.6 Å². The fourth-order valence-electron chi connectivity index (χ4n) is 5.21. The molecule has 4 N–H and O–H groups in total. The summed E-state index contributed by atoms with van der Waals surface area (Å²) >= 11 is 4.26. The number of fused-ring (bicyclic) bond motifs is 1. The van der Waals surface area contributed by atoms with Gasteiger partial charge in [-0.2, -0.15) is 12.6 Å². The van der Waals surface area contributed by atoms with E-state index in [9.17, 15) is 32.7 Å². The summed E-state index contributed by atoms with van der Waals surface area (Å²) in [6.45, 7) is 3.50. The first-order valence-electron chi connectivity index (χ1n) is 14.6. The third-order valence-corrected chi connectivity index (χ3v) is 9.00. The van der Waals surface area contributed by atoms with E-state index in [0.29, 0.717) is 0 Å². The molecule has 1 aliphatic rings. The Labute approximate surface area is 269 Å². The monoisotopic (exact) mass is 662 g/mol. The number of hydrogen-bond donors (Lipinski definition) is 4. The van der Waals surface area contributed by atoms with Crippen molar-refractivity contribution < 1.29 is 37.4 Å². The summed E-state index contributed by atoms with van der Waals surface area (Å²) in [7, 11) is -3.50. The summed E-state index contributed by atoms with van der Waals surface area (Å²) in [5.74, 6) is -3.32. The maximum Gasteiger partial charge on any atom is 0.410 e. The summed E-state index contributed by atoms with van der Waals surface area (Å²) in [6, 6.07) is 12.1. The molecule has 0 bridgehead atoms. The number of carbonyl (C=O) groups is 4. The van der Waals surface area contributed by atoms with E-state index >= 15 is 0 Å². The first-order chi connectivity index (χ1) is 21.2. The minimum Gasteiger partial charge on any atom is -0.480 e. The average molecular weight is 663 g/mol. The highest BCUT2D eigenvalue weighted by Crippen LogP contribution is 2.27. The van der Waals surface area contributed by atoms with E-state index in [-0.39, 0.29) is 38.3 Å². The first-order valence-corrected chi connectivity index (χ1v) is 17.3. The maximum absolute atomic E-state index is 14.5. The number of hydrogen-bond acceptors (Lipinski definition) is 9. The van der Waals surface area contributed by atoms with Crippen LogP contribution >= 0.6 is 12.6 Å². The van der Waals surface area contributed by atoms with Gasteiger partial charge in [-0.1, -0.05) is 68.4 Å². The van der Waals surface area contributed by atoms with Crippen molar-refractivity contribution in [3.8, 4) is 0 Å². The van der Waals surface area contributed by atoms with Crippen LogP contribution in [-0.4, -0.2) is 95.7 Å². The van der Waals surface area contributed by atoms with E-state index in [2.05, 4.69) is 17.9 Å². The van der Waals surface area contributed by atoms with Crippen LogP contribution in [0.1, 0.15) is 37.0 Å². The molecule has 246 valence electrons. The lowest BCUT2D eigenvalue weighted by molar-refractivity contribution is -0.148. The van der Waals surface area contributed by atoms with Crippen LogP contribution in [0.5, 0.6) is 0 Å². The number of amides is 3. The smallest absolute Gasteiger partial charge is 0.410 e.